The second kappa shape index (κ2) is 42.4. The molecule has 123 heavy (non-hydrogen) atoms. The molecule has 0 aromatic heterocycles. The Balaban J connectivity index is 0.000000140. The predicted molar refractivity (Wildman–Crippen MR) is 479 cm³/mol. The van der Waals surface area contributed by atoms with Crippen LogP contribution in [0.25, 0.3) is 0 Å². The van der Waals surface area contributed by atoms with Gasteiger partial charge >= 0.3 is 5.97 Å². The number of cyclic esters (lactones) is 1. The molecule has 9 aliphatic heterocycles. The Kier molecular flexibility index (Phi) is 30.9. The molecule has 0 aliphatic carbocycles. The van der Waals surface area contributed by atoms with E-state index in [-0.39, 0.29) is 86.2 Å². The molecule has 0 saturated carbocycles. The number of nitrogens with zero attached hydrogens (tertiary/aromatic N) is 8. The number of fused-ring (bicyclic) bond motifs is 9. The van der Waals surface area contributed by atoms with Gasteiger partial charge in [0.25, 0.3) is 0 Å². The number of ether oxygens (including phenoxy) is 9. The monoisotopic (exact) mass is 1790 g/mol. The Hall–Kier alpha value is -11.0. The molecule has 13 aromatic carbocycles. The number of rotatable bonds is 8. The van der Waals surface area contributed by atoms with Gasteiger partial charge in [0.1, 0.15) is 72.9 Å². The van der Waals surface area contributed by atoms with Gasteiger partial charge in [0.05, 0.1) is 5.56 Å². The number of hydrogen-bond donors (Lipinski definition) is 0. The van der Waals surface area contributed by atoms with Gasteiger partial charge in [-0.2, -0.15) is 0 Å². The fraction of sp³-hybridized carbons (Fsp3) is 0.214. The van der Waals surface area contributed by atoms with Gasteiger partial charge in [-0.1, -0.05) is 188 Å². The molecule has 0 N–H and O–H groups in total. The van der Waals surface area contributed by atoms with Crippen LogP contribution in [-0.4, -0.2) is 108 Å². The van der Waals surface area contributed by atoms with Crippen LogP contribution in [0.15, 0.2) is 315 Å². The first kappa shape index (κ1) is 89.7. The van der Waals surface area contributed by atoms with E-state index in [9.17, 15) is 4.79 Å². The molecule has 13 aromatic rings. The maximum atomic E-state index is 13.4. The summed E-state index contributed by atoms with van der Waals surface area (Å²) in [7, 11) is 8.21. The van der Waals surface area contributed by atoms with Crippen LogP contribution in [-0.2, 0) is 135 Å². The first-order chi connectivity index (χ1) is 58.4. The molecule has 0 atom stereocenters. The number of esters is 1. The van der Waals surface area contributed by atoms with Gasteiger partial charge < -0.3 is 77.1 Å². The van der Waals surface area contributed by atoms with Gasteiger partial charge in [-0.25, -0.2) is 4.79 Å². The van der Waals surface area contributed by atoms with Crippen molar-refractivity contribution in [1.82, 2.24) is 19.6 Å². The fourth-order valence-electron chi connectivity index (χ4n) is 16.2. The second-order valence-electron chi connectivity index (χ2n) is 31.1. The molecule has 0 spiro atoms. The SMILES string of the molecule is CN1COc2ccccc2C1.CN1COc2ccccc2C1.CN1COc2ccccc2C1.CN1COc2ccccc2C1.O=C1OC(c2ccc3c(c2)CN(c2ccccc2)CO3)(c2ccc3c(c2)CN(c2ccccc2)CO3)c2ccccc21.[CH3-].[CH3-].[Y].[Y].c1ccc(N2COc3ccc(Cc4ccc5c(c4)CN(c4ccccc4)CO5)cc3C2)cc1. The van der Waals surface area contributed by atoms with Crippen molar-refractivity contribution in [2.45, 2.75) is 64.4 Å². The Bertz CT molecular complexity index is 5220. The van der Waals surface area contributed by atoms with E-state index in [0.29, 0.717) is 72.5 Å². The molecule has 9 aliphatic rings. The molecule has 2 radical (unpaired) electrons. The minimum Gasteiger partial charge on any atom is -0.478 e. The van der Waals surface area contributed by atoms with Crippen LogP contribution < -0.4 is 57.5 Å². The van der Waals surface area contributed by atoms with Gasteiger partial charge in [0.2, 0.25) is 0 Å². The van der Waals surface area contributed by atoms with Crippen LogP contribution in [0, 0.1) is 14.9 Å². The third-order valence-corrected chi connectivity index (χ3v) is 22.2. The third kappa shape index (κ3) is 21.6. The maximum absolute atomic E-state index is 13.4. The van der Waals surface area contributed by atoms with Crippen molar-refractivity contribution >= 4 is 28.7 Å². The standard InChI is InChI=1S/C36H28N2O4.C29H26N2O2.4C9H11NO.2CH3.2Y/c39-35-31-13-7-8-14-32(31)36(42-35,27-15-17-33-25(19-27)21-37(23-40-33)29-9-3-1-4-10-29)28-16-18-34-26(20-28)22-38(24-41-34)30-11-5-2-6-12-30;1-3-7-26(8-4-1)30-18-24-16-22(11-13-28(24)32-20-30)15-23-12-14-29-25(17-23)19-31(21-33-29)27-9-5-2-6-10-27;4*1-10-6-8-4-2-3-5-9(8)11-7-10;;;;/h1-20H,21-24H2;1-14,16-17H,15,18-21H2;4*2-5H,6-7H2,1H3;2*1H3;;/q;;;;;;2*-1;;. The molecule has 0 fully saturated rings. The zero-order valence-corrected chi connectivity index (χ0v) is 76.5. The first-order valence-corrected chi connectivity index (χ1v) is 40.6. The van der Waals surface area contributed by atoms with Crippen LogP contribution >= 0.6 is 0 Å². The maximum Gasteiger partial charge on any atom is 0.340 e. The van der Waals surface area contributed by atoms with Crippen molar-refractivity contribution in [3.8, 4) is 46.0 Å². The summed E-state index contributed by atoms with van der Waals surface area (Å²) in [6.45, 7) is 12.0. The Labute approximate surface area is 774 Å². The molecule has 20 heteroatoms. The largest absolute Gasteiger partial charge is 0.478 e. The minimum absolute atomic E-state index is 0. The van der Waals surface area contributed by atoms with Crippen molar-refractivity contribution in [1.29, 1.82) is 0 Å². The van der Waals surface area contributed by atoms with E-state index < -0.39 is 5.60 Å². The number of hydrogen-bond acceptors (Lipinski definition) is 18. The Morgan fingerprint density at radius 3 is 0.829 bits per heavy atom. The van der Waals surface area contributed by atoms with Gasteiger partial charge in [0, 0.05) is 202 Å². The zero-order valence-electron chi connectivity index (χ0n) is 70.9. The van der Waals surface area contributed by atoms with Crippen LogP contribution in [0.2, 0.25) is 0 Å². The van der Waals surface area contributed by atoms with Crippen molar-refractivity contribution in [3.63, 3.8) is 0 Å². The summed E-state index contributed by atoms with van der Waals surface area (Å²) in [5.41, 5.74) is 18.9. The van der Waals surface area contributed by atoms with Crippen LogP contribution in [0.5, 0.6) is 46.0 Å². The number of para-hydroxylation sites is 8. The molecular formula is C103H104N8O10Y2-2. The molecule has 0 saturated heterocycles. The van der Waals surface area contributed by atoms with Crippen molar-refractivity contribution in [2.75, 3.05) is 102 Å². The van der Waals surface area contributed by atoms with Crippen molar-refractivity contribution < 1.29 is 113 Å². The van der Waals surface area contributed by atoms with Crippen molar-refractivity contribution in [2.24, 2.45) is 0 Å². The number of carbonyl (C=O) groups is 1. The zero-order chi connectivity index (χ0) is 80.9. The number of benzene rings is 13. The smallest absolute Gasteiger partial charge is 0.340 e. The molecule has 0 bridgehead atoms. The summed E-state index contributed by atoms with van der Waals surface area (Å²) in [6.07, 6.45) is 0.886. The molecular weight excluding hydrogens is 1690 g/mol. The van der Waals surface area contributed by atoms with E-state index in [1.807, 2.05) is 170 Å². The fourth-order valence-corrected chi connectivity index (χ4v) is 16.2. The minimum atomic E-state index is -1.11. The van der Waals surface area contributed by atoms with E-state index in [4.69, 9.17) is 42.6 Å². The summed E-state index contributed by atoms with van der Waals surface area (Å²) in [4.78, 5) is 30.9. The van der Waals surface area contributed by atoms with E-state index in [1.54, 1.807) is 0 Å². The van der Waals surface area contributed by atoms with Crippen LogP contribution in [0.3, 0.4) is 0 Å². The van der Waals surface area contributed by atoms with Crippen molar-refractivity contribution in [3.05, 3.63) is 408 Å². The summed E-state index contributed by atoms with van der Waals surface area (Å²) in [6, 6.07) is 107. The summed E-state index contributed by atoms with van der Waals surface area (Å²) < 4.78 is 52.7. The predicted octanol–water partition coefficient (Wildman–Crippen LogP) is 19.6. The van der Waals surface area contributed by atoms with E-state index in [2.05, 4.69) is 213 Å². The Morgan fingerprint density at radius 1 is 0.260 bits per heavy atom. The molecule has 22 rings (SSSR count). The molecule has 624 valence electrons. The summed E-state index contributed by atoms with van der Waals surface area (Å²) in [5.74, 6) is 7.47. The number of carbonyl (C=O) groups excluding carboxylic acids is 1. The van der Waals surface area contributed by atoms with E-state index in [0.717, 1.165) is 131 Å². The quantitative estimate of drug-likeness (QED) is 0.106. The summed E-state index contributed by atoms with van der Waals surface area (Å²) in [5, 5.41) is 0. The molecule has 18 nitrogen and oxygen atoms in total. The average molecular weight is 1790 g/mol. The third-order valence-electron chi connectivity index (χ3n) is 22.2. The average Bonchev–Trinajstić information content (AvgIpc) is 1.58. The van der Waals surface area contributed by atoms with E-state index in [1.165, 1.54) is 55.9 Å². The first-order valence-electron chi connectivity index (χ1n) is 40.6. The molecule has 9 heterocycles. The molecule has 0 unspecified atom stereocenters. The Morgan fingerprint density at radius 2 is 0.512 bits per heavy atom. The van der Waals surface area contributed by atoms with Gasteiger partial charge in [0.15, 0.2) is 32.5 Å². The normalized spacial score (nSPS) is 15.7. The van der Waals surface area contributed by atoms with Gasteiger partial charge in [-0.05, 0) is 173 Å². The topological polar surface area (TPSA) is 126 Å². The van der Waals surface area contributed by atoms with E-state index >= 15 is 0 Å². The van der Waals surface area contributed by atoms with Gasteiger partial charge in [-0.15, -0.1) is 0 Å². The second-order valence-corrected chi connectivity index (χ2v) is 31.1. The van der Waals surface area contributed by atoms with Crippen LogP contribution in [0.4, 0.5) is 22.7 Å². The number of anilines is 4. The van der Waals surface area contributed by atoms with Crippen LogP contribution in [0.1, 0.15) is 82.7 Å². The molecule has 0 amide bonds. The summed E-state index contributed by atoms with van der Waals surface area (Å²) >= 11 is 0. The van der Waals surface area contributed by atoms with Gasteiger partial charge in [-0.3, -0.25) is 19.6 Å².